The third-order valence-corrected chi connectivity index (χ3v) is 3.56. The molecule has 2 aliphatic heterocycles. The number of hydrogen-bond donors (Lipinski definition) is 0. The number of amides is 3. The second-order valence-electron chi connectivity index (χ2n) is 4.79. The first-order chi connectivity index (χ1) is 8.70. The maximum absolute atomic E-state index is 12.0. The van der Waals surface area contributed by atoms with Crippen LogP contribution in [0, 0.1) is 0 Å². The SMILES string of the molecule is O=CN1CCN(C(=O)CN2CCCCC2=O)CC1. The van der Waals surface area contributed by atoms with E-state index in [1.165, 1.54) is 0 Å². The second-order valence-corrected chi connectivity index (χ2v) is 4.79. The molecule has 0 aromatic heterocycles. The fraction of sp³-hybridized carbons (Fsp3) is 0.750. The predicted octanol–water partition coefficient (Wildman–Crippen LogP) is -0.700. The number of rotatable bonds is 3. The maximum atomic E-state index is 12.0. The molecule has 2 heterocycles. The van der Waals surface area contributed by atoms with E-state index in [1.807, 2.05) is 0 Å². The van der Waals surface area contributed by atoms with Gasteiger partial charge in [0.15, 0.2) is 0 Å². The van der Waals surface area contributed by atoms with Crippen molar-refractivity contribution in [1.29, 1.82) is 0 Å². The van der Waals surface area contributed by atoms with Gasteiger partial charge in [-0.1, -0.05) is 0 Å². The first-order valence-corrected chi connectivity index (χ1v) is 6.45. The molecule has 0 atom stereocenters. The number of piperidine rings is 1. The molecule has 0 aliphatic carbocycles. The van der Waals surface area contributed by atoms with E-state index in [9.17, 15) is 14.4 Å². The molecule has 0 aromatic carbocycles. The highest BCUT2D eigenvalue weighted by molar-refractivity contribution is 5.85. The van der Waals surface area contributed by atoms with Crippen LogP contribution in [0.1, 0.15) is 19.3 Å². The monoisotopic (exact) mass is 253 g/mol. The summed E-state index contributed by atoms with van der Waals surface area (Å²) in [5.41, 5.74) is 0. The van der Waals surface area contributed by atoms with Gasteiger partial charge >= 0.3 is 0 Å². The van der Waals surface area contributed by atoms with E-state index in [0.717, 1.165) is 19.3 Å². The Balaban J connectivity index is 1.81. The first-order valence-electron chi connectivity index (χ1n) is 6.45. The molecule has 6 heteroatoms. The minimum absolute atomic E-state index is 0.00389. The lowest BCUT2D eigenvalue weighted by atomic mass is 10.1. The Bertz CT molecular complexity index is 337. The fourth-order valence-electron chi connectivity index (χ4n) is 2.37. The fourth-order valence-corrected chi connectivity index (χ4v) is 2.37. The van der Waals surface area contributed by atoms with Crippen LogP contribution in [-0.4, -0.2) is 72.2 Å². The van der Waals surface area contributed by atoms with Crippen molar-refractivity contribution in [3.05, 3.63) is 0 Å². The molecule has 0 N–H and O–H groups in total. The van der Waals surface area contributed by atoms with Crippen LogP contribution in [0.25, 0.3) is 0 Å². The Kier molecular flexibility index (Phi) is 4.17. The molecule has 2 saturated heterocycles. The Hall–Kier alpha value is -1.59. The van der Waals surface area contributed by atoms with Gasteiger partial charge in [0, 0.05) is 39.1 Å². The van der Waals surface area contributed by atoms with Crippen LogP contribution < -0.4 is 0 Å². The average molecular weight is 253 g/mol. The van der Waals surface area contributed by atoms with Crippen LogP contribution in [0.5, 0.6) is 0 Å². The summed E-state index contributed by atoms with van der Waals surface area (Å²) in [6.07, 6.45) is 3.29. The van der Waals surface area contributed by atoms with Gasteiger partial charge in [-0.05, 0) is 12.8 Å². The Morgan fingerprint density at radius 2 is 1.83 bits per heavy atom. The van der Waals surface area contributed by atoms with Gasteiger partial charge in [0.05, 0.1) is 6.54 Å². The van der Waals surface area contributed by atoms with E-state index in [-0.39, 0.29) is 18.4 Å². The van der Waals surface area contributed by atoms with Crippen molar-refractivity contribution in [2.75, 3.05) is 39.3 Å². The summed E-state index contributed by atoms with van der Waals surface area (Å²) in [5.74, 6) is 0.0805. The van der Waals surface area contributed by atoms with Gasteiger partial charge in [-0.2, -0.15) is 0 Å². The van der Waals surface area contributed by atoms with Crippen LogP contribution >= 0.6 is 0 Å². The highest BCUT2D eigenvalue weighted by Crippen LogP contribution is 2.11. The number of likely N-dealkylation sites (tertiary alicyclic amines) is 1. The molecule has 6 nitrogen and oxygen atoms in total. The Morgan fingerprint density at radius 1 is 1.11 bits per heavy atom. The molecule has 3 amide bonds. The Morgan fingerprint density at radius 3 is 2.44 bits per heavy atom. The number of nitrogens with zero attached hydrogens (tertiary/aromatic N) is 3. The first kappa shape index (κ1) is 12.9. The van der Waals surface area contributed by atoms with Crippen molar-refractivity contribution in [3.8, 4) is 0 Å². The summed E-state index contributed by atoms with van der Waals surface area (Å²) in [5, 5.41) is 0. The molecule has 2 rings (SSSR count). The molecule has 2 aliphatic rings. The molecule has 100 valence electrons. The summed E-state index contributed by atoms with van der Waals surface area (Å²) >= 11 is 0. The van der Waals surface area contributed by atoms with E-state index in [4.69, 9.17) is 0 Å². The molecule has 2 fully saturated rings. The van der Waals surface area contributed by atoms with Crippen LogP contribution in [0.2, 0.25) is 0 Å². The lowest BCUT2D eigenvalue weighted by molar-refractivity contribution is -0.143. The zero-order valence-corrected chi connectivity index (χ0v) is 10.5. The van der Waals surface area contributed by atoms with Gasteiger partial charge in [-0.15, -0.1) is 0 Å². The number of carbonyl (C=O) groups is 3. The summed E-state index contributed by atoms with van der Waals surface area (Å²) in [4.78, 5) is 39.3. The van der Waals surface area contributed by atoms with Gasteiger partial charge in [0.1, 0.15) is 0 Å². The van der Waals surface area contributed by atoms with E-state index < -0.39 is 0 Å². The van der Waals surface area contributed by atoms with Gasteiger partial charge in [-0.3, -0.25) is 14.4 Å². The van der Waals surface area contributed by atoms with Crippen LogP contribution in [-0.2, 0) is 14.4 Å². The molecule has 0 spiro atoms. The molecular weight excluding hydrogens is 234 g/mol. The average Bonchev–Trinajstić information content (AvgIpc) is 2.41. The topological polar surface area (TPSA) is 60.9 Å². The molecule has 18 heavy (non-hydrogen) atoms. The third kappa shape index (κ3) is 3.00. The van der Waals surface area contributed by atoms with Crippen molar-refractivity contribution < 1.29 is 14.4 Å². The molecule has 0 bridgehead atoms. The normalized spacial score (nSPS) is 21.1. The van der Waals surface area contributed by atoms with Gasteiger partial charge < -0.3 is 14.7 Å². The summed E-state index contributed by atoms with van der Waals surface area (Å²) in [7, 11) is 0. The van der Waals surface area contributed by atoms with Crippen molar-refractivity contribution >= 4 is 18.2 Å². The molecule has 0 radical (unpaired) electrons. The van der Waals surface area contributed by atoms with Crippen molar-refractivity contribution in [2.45, 2.75) is 19.3 Å². The van der Waals surface area contributed by atoms with E-state index in [1.54, 1.807) is 14.7 Å². The van der Waals surface area contributed by atoms with E-state index in [2.05, 4.69) is 0 Å². The molecule has 0 unspecified atom stereocenters. The van der Waals surface area contributed by atoms with Crippen molar-refractivity contribution in [3.63, 3.8) is 0 Å². The van der Waals surface area contributed by atoms with Crippen LogP contribution in [0.3, 0.4) is 0 Å². The number of piperazine rings is 1. The minimum Gasteiger partial charge on any atom is -0.342 e. The standard InChI is InChI=1S/C12H19N3O3/c16-10-13-5-7-14(8-6-13)12(18)9-15-4-2-1-3-11(15)17/h10H,1-9H2. The minimum atomic E-state index is -0.00389. The second kappa shape index (κ2) is 5.84. The molecule has 0 aromatic rings. The van der Waals surface area contributed by atoms with E-state index in [0.29, 0.717) is 39.1 Å². The highest BCUT2D eigenvalue weighted by atomic mass is 16.2. The van der Waals surface area contributed by atoms with Crippen LogP contribution in [0.4, 0.5) is 0 Å². The maximum Gasteiger partial charge on any atom is 0.242 e. The van der Waals surface area contributed by atoms with Gasteiger partial charge in [0.2, 0.25) is 18.2 Å². The van der Waals surface area contributed by atoms with Gasteiger partial charge in [-0.25, -0.2) is 0 Å². The highest BCUT2D eigenvalue weighted by Gasteiger charge is 2.25. The summed E-state index contributed by atoms with van der Waals surface area (Å²) in [6, 6.07) is 0. The lowest BCUT2D eigenvalue weighted by Crippen LogP contribution is -2.51. The van der Waals surface area contributed by atoms with Gasteiger partial charge in [0.25, 0.3) is 0 Å². The van der Waals surface area contributed by atoms with Crippen molar-refractivity contribution in [1.82, 2.24) is 14.7 Å². The third-order valence-electron chi connectivity index (χ3n) is 3.56. The quantitative estimate of drug-likeness (QED) is 0.625. The number of carbonyl (C=O) groups excluding carboxylic acids is 3. The zero-order valence-electron chi connectivity index (χ0n) is 10.5. The summed E-state index contributed by atoms with van der Waals surface area (Å²) in [6.45, 7) is 3.20. The largest absolute Gasteiger partial charge is 0.342 e. The lowest BCUT2D eigenvalue weighted by Gasteiger charge is -2.34. The smallest absolute Gasteiger partial charge is 0.242 e. The van der Waals surface area contributed by atoms with E-state index >= 15 is 0 Å². The Labute approximate surface area is 107 Å². The molecular formula is C12H19N3O3. The molecule has 0 saturated carbocycles. The predicted molar refractivity (Wildman–Crippen MR) is 64.6 cm³/mol. The summed E-state index contributed by atoms with van der Waals surface area (Å²) < 4.78 is 0. The van der Waals surface area contributed by atoms with Crippen LogP contribution in [0.15, 0.2) is 0 Å². The number of hydrogen-bond acceptors (Lipinski definition) is 3. The zero-order chi connectivity index (χ0) is 13.0. The van der Waals surface area contributed by atoms with Crippen molar-refractivity contribution in [2.24, 2.45) is 0 Å².